The minimum Gasteiger partial charge on any atom is -0.494 e. The van der Waals surface area contributed by atoms with E-state index in [2.05, 4.69) is 48.8 Å². The third-order valence-corrected chi connectivity index (χ3v) is 18.0. The minimum absolute atomic E-state index is 0.0800. The third kappa shape index (κ3) is 26.2. The summed E-state index contributed by atoms with van der Waals surface area (Å²) in [5.74, 6) is -8.09. The van der Waals surface area contributed by atoms with Crippen LogP contribution in [-0.4, -0.2) is 268 Å². The van der Waals surface area contributed by atoms with Crippen molar-refractivity contribution in [2.45, 2.75) is 94.7 Å². The molecule has 0 spiro atoms. The van der Waals surface area contributed by atoms with E-state index in [-0.39, 0.29) is 115 Å². The molecule has 504 valence electrons. The predicted octanol–water partition coefficient (Wildman–Crippen LogP) is 2.21. The van der Waals surface area contributed by atoms with Crippen LogP contribution >= 0.6 is 34.4 Å². The van der Waals surface area contributed by atoms with Gasteiger partial charge in [0.2, 0.25) is 23.6 Å². The number of carboxylic acid groups (broad SMARTS) is 3. The molecule has 1 unspecified atom stereocenters. The van der Waals surface area contributed by atoms with Gasteiger partial charge in [0, 0.05) is 118 Å². The molecule has 8 N–H and O–H groups in total. The van der Waals surface area contributed by atoms with Crippen LogP contribution < -0.4 is 26.0 Å². The van der Waals surface area contributed by atoms with E-state index in [9.17, 15) is 77.6 Å². The Morgan fingerprint density at radius 1 is 0.750 bits per heavy atom. The van der Waals surface area contributed by atoms with E-state index in [1.165, 1.54) is 24.0 Å². The van der Waals surface area contributed by atoms with Crippen molar-refractivity contribution in [3.05, 3.63) is 69.4 Å². The quantitative estimate of drug-likeness (QED) is 0.0320. The third-order valence-electron chi connectivity index (χ3n) is 16.2. The summed E-state index contributed by atoms with van der Waals surface area (Å²) in [7, 11) is 0. The van der Waals surface area contributed by atoms with Crippen LogP contribution in [-0.2, 0) is 44.8 Å². The van der Waals surface area contributed by atoms with Crippen LogP contribution in [0, 0.1) is 20.8 Å². The summed E-state index contributed by atoms with van der Waals surface area (Å²) in [6, 6.07) is 14.1. The first-order valence-electron chi connectivity index (χ1n) is 31.1. The molecule has 0 radical (unpaired) electrons. The highest BCUT2D eigenvalue weighted by molar-refractivity contribution is 14.1. The topological polar surface area (TPSA) is 348 Å². The molecule has 0 aliphatic carbocycles. The molecule has 3 fully saturated rings. The fourth-order valence-corrected chi connectivity index (χ4v) is 12.3. The van der Waals surface area contributed by atoms with Crippen molar-refractivity contribution >= 4 is 98.6 Å². The summed E-state index contributed by atoms with van der Waals surface area (Å²) in [5.41, 5.74) is 1.83. The van der Waals surface area contributed by atoms with Gasteiger partial charge in [0.25, 0.3) is 17.7 Å². The maximum Gasteiger partial charge on any atom is 0.317 e. The number of ether oxygens (including phenoxy) is 1. The summed E-state index contributed by atoms with van der Waals surface area (Å²) in [6.07, 6.45) is 5.36. The minimum atomic E-state index is -3.19. The Bertz CT molecular complexity index is 2990. The van der Waals surface area contributed by atoms with Crippen LogP contribution in [0.5, 0.6) is 5.75 Å². The van der Waals surface area contributed by atoms with Gasteiger partial charge < -0.3 is 56.2 Å². The number of thioether (sulfide) groups is 1. The number of carbonyl (C=O) groups is 9. The van der Waals surface area contributed by atoms with E-state index in [1.807, 2.05) is 24.3 Å². The lowest BCUT2D eigenvalue weighted by Crippen LogP contribution is -2.52. The Labute approximate surface area is 551 Å². The van der Waals surface area contributed by atoms with Gasteiger partial charge >= 0.3 is 17.9 Å². The molecule has 30 heteroatoms. The van der Waals surface area contributed by atoms with Crippen molar-refractivity contribution in [1.82, 2.24) is 55.7 Å². The number of aryl methyl sites for hydroxylation is 1. The number of benzene rings is 2. The number of nitriles is 1. The number of nitrogens with one attached hydrogen (secondary N) is 4. The number of pyridine rings is 1. The summed E-state index contributed by atoms with van der Waals surface area (Å²) < 4.78 is 35.0. The molecular formula is C62H85F2IN12O14S. The molecule has 3 aromatic rings. The van der Waals surface area contributed by atoms with Crippen molar-refractivity contribution < 1.29 is 77.1 Å². The molecule has 6 amide bonds. The van der Waals surface area contributed by atoms with Crippen LogP contribution in [0.4, 0.5) is 8.78 Å². The van der Waals surface area contributed by atoms with Gasteiger partial charge in [-0.1, -0.05) is 12.1 Å². The lowest BCUT2D eigenvalue weighted by atomic mass is 9.92. The number of carboxylic acids is 3. The number of aromatic nitrogens is 1. The van der Waals surface area contributed by atoms with Crippen LogP contribution in [0.2, 0.25) is 0 Å². The fourth-order valence-electron chi connectivity index (χ4n) is 11.2. The van der Waals surface area contributed by atoms with Gasteiger partial charge in [0.15, 0.2) is 0 Å². The number of alkyl halides is 2. The first kappa shape index (κ1) is 74.2. The van der Waals surface area contributed by atoms with Gasteiger partial charge in [-0.05, 0) is 128 Å². The molecule has 92 heavy (non-hydrogen) atoms. The molecule has 4 heterocycles. The first-order valence-corrected chi connectivity index (χ1v) is 33.3. The highest BCUT2D eigenvalue weighted by Gasteiger charge is 2.47. The number of halogens is 3. The van der Waals surface area contributed by atoms with Crippen LogP contribution in [0.15, 0.2) is 54.7 Å². The molecule has 0 bridgehead atoms. The maximum absolute atomic E-state index is 13.9. The average molecular weight is 1420 g/mol. The maximum atomic E-state index is 13.9. The van der Waals surface area contributed by atoms with Gasteiger partial charge in [0.05, 0.1) is 63.0 Å². The van der Waals surface area contributed by atoms with Crippen molar-refractivity contribution in [1.29, 1.82) is 5.26 Å². The number of aliphatic hydroxyl groups is 1. The number of fused-ring (bicyclic) bond motifs is 1. The standard InChI is InChI=1S/C62H85F2IN12O14S/c63-62(64)34-46(35-66)77(42-62)55(81)36-70-59(88)48-15-19-67-50-14-13-47(33-49(48)50)91-31-4-6-44-16-21-76(22-17-44)61(90)52(78)41-92-32-20-69-60(89)51(7-1-2-18-68-53(79)8-3-5-43-9-11-45(65)12-10-43)71-54(80)37-72-23-25-73(38-56(82)83)27-29-75(40-58(86)87)30-28-74(26-24-72)39-57(84)85/h9-15,19,33,44,46,51-52,78H,1-8,16-18,20-32,34,36-42H2,(H,68,79)(H,69,89)(H,70,88)(H,71,80)(H,82,83)(H,84,85)(H,86,87)/t46-,51?,52-/m1/s1. The van der Waals surface area contributed by atoms with Crippen LogP contribution in [0.3, 0.4) is 0 Å². The van der Waals surface area contributed by atoms with Gasteiger partial charge in [-0.3, -0.25) is 67.7 Å². The number of likely N-dealkylation sites (tertiary alicyclic amines) is 2. The molecule has 3 atom stereocenters. The Morgan fingerprint density at radius 3 is 1.98 bits per heavy atom. The number of aliphatic hydroxyl groups excluding tert-OH is 1. The number of piperidine rings is 1. The SMILES string of the molecule is N#C[C@H]1CC(F)(F)CN1C(=O)CNC(=O)c1ccnc2ccc(OCCCC3CCN(C(=O)[C@H](O)CSCCNC(=O)C(CCCCNC(=O)CCCc4ccc(I)cc4)NC(=O)CN4CCN(CC(=O)O)CCN(CC(=O)O)CCN(CC(=O)O)CC4)CC3)cc12. The summed E-state index contributed by atoms with van der Waals surface area (Å²) in [5, 5.41) is 60.6. The number of hydrogen-bond acceptors (Lipinski definition) is 18. The van der Waals surface area contributed by atoms with E-state index < -0.39 is 85.2 Å². The normalized spacial score (nSPS) is 17.9. The summed E-state index contributed by atoms with van der Waals surface area (Å²) in [6.45, 7) is 0.767. The Hall–Kier alpha value is -6.89. The number of aliphatic carboxylic acids is 3. The molecule has 3 saturated heterocycles. The monoisotopic (exact) mass is 1420 g/mol. The van der Waals surface area contributed by atoms with E-state index >= 15 is 0 Å². The highest BCUT2D eigenvalue weighted by atomic mass is 127. The number of unbranched alkanes of at least 4 members (excludes halogenated alkanes) is 1. The van der Waals surface area contributed by atoms with E-state index in [0.717, 1.165) is 39.7 Å². The largest absolute Gasteiger partial charge is 0.494 e. The first-order chi connectivity index (χ1) is 44.0. The number of rotatable bonds is 33. The smallest absolute Gasteiger partial charge is 0.317 e. The summed E-state index contributed by atoms with van der Waals surface area (Å²) >= 11 is 3.52. The van der Waals surface area contributed by atoms with Crippen molar-refractivity contribution in [3.63, 3.8) is 0 Å². The van der Waals surface area contributed by atoms with Gasteiger partial charge in [-0.15, -0.1) is 0 Å². The van der Waals surface area contributed by atoms with E-state index in [1.54, 1.807) is 48.8 Å². The number of amides is 6. The predicted molar refractivity (Wildman–Crippen MR) is 345 cm³/mol. The highest BCUT2D eigenvalue weighted by Crippen LogP contribution is 2.32. The molecular weight excluding hydrogens is 1330 g/mol. The molecule has 0 saturated carbocycles. The zero-order valence-electron chi connectivity index (χ0n) is 51.6. The number of nitrogens with zero attached hydrogens (tertiary/aromatic N) is 8. The van der Waals surface area contributed by atoms with Crippen molar-refractivity contribution in [3.8, 4) is 11.8 Å². The van der Waals surface area contributed by atoms with Crippen LogP contribution in [0.25, 0.3) is 10.9 Å². The zero-order chi connectivity index (χ0) is 66.6. The van der Waals surface area contributed by atoms with Gasteiger partial charge in [-0.25, -0.2) is 8.78 Å². The van der Waals surface area contributed by atoms with E-state index in [0.29, 0.717) is 86.7 Å². The Kier molecular flexibility index (Phi) is 30.9. The Morgan fingerprint density at radius 2 is 1.37 bits per heavy atom. The second kappa shape index (κ2) is 38.3. The van der Waals surface area contributed by atoms with Crippen molar-refractivity contribution in [2.75, 3.05) is 136 Å². The zero-order valence-corrected chi connectivity index (χ0v) is 54.6. The second-order valence-corrected chi connectivity index (χ2v) is 25.7. The lowest BCUT2D eigenvalue weighted by Gasteiger charge is -2.33. The van der Waals surface area contributed by atoms with Gasteiger partial charge in [-0.2, -0.15) is 17.0 Å². The summed E-state index contributed by atoms with van der Waals surface area (Å²) in [4.78, 5) is 128. The molecule has 3 aliphatic rings. The number of hydrogen-bond donors (Lipinski definition) is 8. The molecule has 6 rings (SSSR count). The molecule has 1 aromatic heterocycles. The molecule has 26 nitrogen and oxygen atoms in total. The Balaban J connectivity index is 0.934. The van der Waals surface area contributed by atoms with Crippen LogP contribution in [0.1, 0.15) is 80.1 Å². The number of carbonyl (C=O) groups excluding carboxylic acids is 6. The average Bonchev–Trinajstić information content (AvgIpc) is 1.21. The lowest BCUT2D eigenvalue weighted by molar-refractivity contribution is -0.140. The fraction of sp³-hybridized carbons (Fsp3) is 0.597. The molecule has 2 aromatic carbocycles. The molecule has 3 aliphatic heterocycles. The second-order valence-electron chi connectivity index (χ2n) is 23.3. The van der Waals surface area contributed by atoms with Crippen molar-refractivity contribution in [2.24, 2.45) is 5.92 Å². The van der Waals surface area contributed by atoms with Gasteiger partial charge in [0.1, 0.15) is 23.9 Å². The van der Waals surface area contributed by atoms with E-state index in [4.69, 9.17) is 4.74 Å².